The van der Waals surface area contributed by atoms with E-state index < -0.39 is 0 Å². The second-order valence-electron chi connectivity index (χ2n) is 8.07. The van der Waals surface area contributed by atoms with Crippen LogP contribution in [-0.2, 0) is 11.2 Å². The minimum Gasteiger partial charge on any atom is -0.487 e. The van der Waals surface area contributed by atoms with Crippen LogP contribution in [0, 0.1) is 0 Å². The third kappa shape index (κ3) is 3.29. The molecule has 1 fully saturated rings. The van der Waals surface area contributed by atoms with Gasteiger partial charge in [-0.2, -0.15) is 15.4 Å². The molecule has 0 unspecified atom stereocenters. The van der Waals surface area contributed by atoms with Crippen LogP contribution in [0.3, 0.4) is 0 Å². The van der Waals surface area contributed by atoms with E-state index in [9.17, 15) is 4.79 Å². The van der Waals surface area contributed by atoms with Gasteiger partial charge in [-0.3, -0.25) is 4.79 Å². The number of ether oxygens (including phenoxy) is 2. The lowest BCUT2D eigenvalue weighted by molar-refractivity contribution is 0.102. The summed E-state index contributed by atoms with van der Waals surface area (Å²) in [7, 11) is 0. The number of H-pyrrole nitrogens is 1. The van der Waals surface area contributed by atoms with Gasteiger partial charge < -0.3 is 19.7 Å². The summed E-state index contributed by atoms with van der Waals surface area (Å²) in [5.74, 6) is 0.672. The molecule has 2 aliphatic rings. The molecule has 8 heteroatoms. The Bertz CT molecular complexity index is 1090. The number of fused-ring (bicyclic) bond motifs is 2. The Labute approximate surface area is 168 Å². The summed E-state index contributed by atoms with van der Waals surface area (Å²) in [6.07, 6.45) is 0.799. The molecule has 3 aromatic rings. The molecule has 8 nitrogen and oxygen atoms in total. The van der Waals surface area contributed by atoms with Crippen molar-refractivity contribution in [3.05, 3.63) is 41.5 Å². The largest absolute Gasteiger partial charge is 0.487 e. The summed E-state index contributed by atoms with van der Waals surface area (Å²) >= 11 is 0. The van der Waals surface area contributed by atoms with Crippen LogP contribution in [0.2, 0.25) is 0 Å². The topological polar surface area (TPSA) is 92.4 Å². The van der Waals surface area contributed by atoms with Crippen LogP contribution in [-0.4, -0.2) is 53.2 Å². The van der Waals surface area contributed by atoms with Gasteiger partial charge in [0.1, 0.15) is 22.4 Å². The highest BCUT2D eigenvalue weighted by atomic mass is 16.5. The number of amides is 1. The van der Waals surface area contributed by atoms with Gasteiger partial charge in [-0.1, -0.05) is 6.07 Å². The van der Waals surface area contributed by atoms with Crippen molar-refractivity contribution in [2.24, 2.45) is 0 Å². The third-order valence-electron chi connectivity index (χ3n) is 5.37. The maximum Gasteiger partial charge on any atom is 0.258 e. The molecule has 2 N–H and O–H groups in total. The lowest BCUT2D eigenvalue weighted by Gasteiger charge is -2.31. The monoisotopic (exact) mass is 393 g/mol. The molecule has 0 spiro atoms. The average Bonchev–Trinajstić information content (AvgIpc) is 3.30. The van der Waals surface area contributed by atoms with E-state index in [4.69, 9.17) is 9.47 Å². The Morgan fingerprint density at radius 1 is 1.21 bits per heavy atom. The van der Waals surface area contributed by atoms with E-state index in [1.165, 1.54) is 0 Å². The Hall–Kier alpha value is -3.13. The Kier molecular flexibility index (Phi) is 4.16. The molecule has 29 heavy (non-hydrogen) atoms. The van der Waals surface area contributed by atoms with E-state index in [1.807, 2.05) is 24.3 Å². The zero-order chi connectivity index (χ0) is 20.0. The number of hydrogen-bond donors (Lipinski definition) is 2. The van der Waals surface area contributed by atoms with Crippen molar-refractivity contribution >= 4 is 28.3 Å². The molecule has 5 rings (SSSR count). The quantitative estimate of drug-likeness (QED) is 0.711. The van der Waals surface area contributed by atoms with Crippen LogP contribution in [0.25, 0.3) is 11.0 Å². The predicted molar refractivity (Wildman–Crippen MR) is 110 cm³/mol. The van der Waals surface area contributed by atoms with Crippen LogP contribution in [0.5, 0.6) is 5.75 Å². The smallest absolute Gasteiger partial charge is 0.258 e. The molecular weight excluding hydrogens is 370 g/mol. The van der Waals surface area contributed by atoms with Crippen molar-refractivity contribution < 1.29 is 14.3 Å². The standard InChI is InChI=1S/C21H23N5O3/c1-21(2)12-13-10-16(17(11-18(13)29-21)26-6-8-28-9-7-26)22-20(27)14-4-3-5-15-19(14)24-25-23-15/h3-5,10-11H,6-9,12H2,1-2H3,(H,22,27)(H,23,24,25). The van der Waals surface area contributed by atoms with Crippen molar-refractivity contribution in [3.63, 3.8) is 0 Å². The van der Waals surface area contributed by atoms with Gasteiger partial charge in [0.25, 0.3) is 5.91 Å². The number of aromatic amines is 1. The van der Waals surface area contributed by atoms with Crippen molar-refractivity contribution in [1.29, 1.82) is 0 Å². The summed E-state index contributed by atoms with van der Waals surface area (Å²) < 4.78 is 11.6. The number of carbonyl (C=O) groups is 1. The molecule has 150 valence electrons. The van der Waals surface area contributed by atoms with Gasteiger partial charge >= 0.3 is 0 Å². The number of morpholine rings is 1. The first-order valence-corrected chi connectivity index (χ1v) is 9.80. The van der Waals surface area contributed by atoms with Crippen LogP contribution in [0.1, 0.15) is 29.8 Å². The van der Waals surface area contributed by atoms with E-state index in [2.05, 4.69) is 39.5 Å². The number of para-hydroxylation sites is 1. The molecule has 0 radical (unpaired) electrons. The number of benzene rings is 2. The minimum atomic E-state index is -0.250. The minimum absolute atomic E-state index is 0.211. The molecular formula is C21H23N5O3. The Morgan fingerprint density at radius 3 is 2.86 bits per heavy atom. The molecule has 1 saturated heterocycles. The summed E-state index contributed by atoms with van der Waals surface area (Å²) in [5.41, 5.74) is 4.28. The SMILES string of the molecule is CC1(C)Cc2cc(NC(=O)c3cccc4n[nH]nc34)c(N3CCOCC3)cc2O1. The number of nitrogens with one attached hydrogen (secondary N) is 2. The van der Waals surface area contributed by atoms with Crippen LogP contribution in [0.4, 0.5) is 11.4 Å². The Balaban J connectivity index is 1.53. The number of nitrogens with zero attached hydrogens (tertiary/aromatic N) is 3. The Morgan fingerprint density at radius 2 is 2.03 bits per heavy atom. The van der Waals surface area contributed by atoms with Gasteiger partial charge in [0.2, 0.25) is 0 Å². The maximum atomic E-state index is 13.1. The summed E-state index contributed by atoms with van der Waals surface area (Å²) in [4.78, 5) is 15.3. The summed E-state index contributed by atoms with van der Waals surface area (Å²) in [6, 6.07) is 9.47. The number of anilines is 2. The van der Waals surface area contributed by atoms with E-state index >= 15 is 0 Å². The normalized spacial score (nSPS) is 17.8. The van der Waals surface area contributed by atoms with E-state index in [0.717, 1.165) is 42.2 Å². The molecule has 0 atom stereocenters. The van der Waals surface area contributed by atoms with Crippen LogP contribution < -0.4 is 15.0 Å². The second kappa shape index (κ2) is 6.73. The molecule has 0 bridgehead atoms. The van der Waals surface area contributed by atoms with Crippen LogP contribution in [0.15, 0.2) is 30.3 Å². The molecule has 1 amide bonds. The van der Waals surface area contributed by atoms with E-state index in [-0.39, 0.29) is 11.5 Å². The summed E-state index contributed by atoms with van der Waals surface area (Å²) in [5, 5.41) is 13.9. The predicted octanol–water partition coefficient (Wildman–Crippen LogP) is 2.76. The fourth-order valence-electron chi connectivity index (χ4n) is 4.05. The first-order valence-electron chi connectivity index (χ1n) is 9.80. The maximum absolute atomic E-state index is 13.1. The zero-order valence-electron chi connectivity index (χ0n) is 16.5. The molecule has 2 aliphatic heterocycles. The molecule has 0 saturated carbocycles. The van der Waals surface area contributed by atoms with Gasteiger partial charge in [0.05, 0.1) is 30.2 Å². The van der Waals surface area contributed by atoms with Gasteiger partial charge in [-0.15, -0.1) is 0 Å². The number of rotatable bonds is 3. The highest BCUT2D eigenvalue weighted by Gasteiger charge is 2.32. The van der Waals surface area contributed by atoms with Crippen LogP contribution >= 0.6 is 0 Å². The van der Waals surface area contributed by atoms with Crippen molar-refractivity contribution in [1.82, 2.24) is 15.4 Å². The van der Waals surface area contributed by atoms with Gasteiger partial charge in [0.15, 0.2) is 0 Å². The van der Waals surface area contributed by atoms with Crippen molar-refractivity contribution in [2.45, 2.75) is 25.9 Å². The number of hydrogen-bond acceptors (Lipinski definition) is 6. The number of carbonyl (C=O) groups excluding carboxylic acids is 1. The zero-order valence-corrected chi connectivity index (χ0v) is 16.5. The van der Waals surface area contributed by atoms with E-state index in [1.54, 1.807) is 6.07 Å². The lowest BCUT2D eigenvalue weighted by Crippen LogP contribution is -2.36. The first-order chi connectivity index (χ1) is 14.0. The third-order valence-corrected chi connectivity index (χ3v) is 5.37. The molecule has 1 aromatic heterocycles. The lowest BCUT2D eigenvalue weighted by atomic mass is 10.0. The molecule has 2 aromatic carbocycles. The fraction of sp³-hybridized carbons (Fsp3) is 0.381. The first kappa shape index (κ1) is 17.9. The van der Waals surface area contributed by atoms with Gasteiger partial charge in [-0.25, -0.2) is 0 Å². The van der Waals surface area contributed by atoms with E-state index in [0.29, 0.717) is 29.8 Å². The molecule has 0 aliphatic carbocycles. The second-order valence-corrected chi connectivity index (χ2v) is 8.07. The van der Waals surface area contributed by atoms with Crippen molar-refractivity contribution in [3.8, 4) is 5.75 Å². The fourth-order valence-corrected chi connectivity index (χ4v) is 4.05. The highest BCUT2D eigenvalue weighted by Crippen LogP contribution is 2.42. The van der Waals surface area contributed by atoms with Gasteiger partial charge in [0, 0.05) is 31.1 Å². The van der Waals surface area contributed by atoms with Gasteiger partial charge in [-0.05, 0) is 32.0 Å². The average molecular weight is 393 g/mol. The highest BCUT2D eigenvalue weighted by molar-refractivity contribution is 6.12. The number of aromatic nitrogens is 3. The summed E-state index contributed by atoms with van der Waals surface area (Å²) in [6.45, 7) is 7.01. The molecule has 3 heterocycles. The van der Waals surface area contributed by atoms with Crippen molar-refractivity contribution in [2.75, 3.05) is 36.5 Å².